The highest BCUT2D eigenvalue weighted by Gasteiger charge is 2.32. The van der Waals surface area contributed by atoms with Crippen LogP contribution in [0.2, 0.25) is 0 Å². The quantitative estimate of drug-likeness (QED) is 0.740. The van der Waals surface area contributed by atoms with Gasteiger partial charge in [0, 0.05) is 5.75 Å². The van der Waals surface area contributed by atoms with Gasteiger partial charge >= 0.3 is 5.97 Å². The van der Waals surface area contributed by atoms with Gasteiger partial charge in [0.25, 0.3) is 0 Å². The van der Waals surface area contributed by atoms with Gasteiger partial charge in [0.15, 0.2) is 0 Å². The van der Waals surface area contributed by atoms with E-state index in [2.05, 4.69) is 0 Å². The number of carbonyl (C=O) groups is 1. The van der Waals surface area contributed by atoms with Crippen molar-refractivity contribution in [2.45, 2.75) is 49.9 Å². The Labute approximate surface area is 88.9 Å². The molecule has 0 heterocycles. The Bertz CT molecular complexity index is 200. The van der Waals surface area contributed by atoms with Crippen LogP contribution in [0.1, 0.15) is 39.0 Å². The summed E-state index contributed by atoms with van der Waals surface area (Å²) in [5.41, 5.74) is -0.590. The van der Waals surface area contributed by atoms with E-state index in [1.165, 1.54) is 11.8 Å². The van der Waals surface area contributed by atoms with Gasteiger partial charge in [-0.15, -0.1) is 11.8 Å². The third kappa shape index (κ3) is 3.17. The van der Waals surface area contributed by atoms with E-state index in [1.807, 2.05) is 6.92 Å². The van der Waals surface area contributed by atoms with E-state index in [0.717, 1.165) is 25.7 Å². The molecule has 1 atom stereocenters. The third-order valence-corrected chi connectivity index (χ3v) is 4.38. The predicted molar refractivity (Wildman–Crippen MR) is 57.6 cm³/mol. The first-order valence-corrected chi connectivity index (χ1v) is 6.19. The SMILES string of the molecule is CCC(SCC1(O)CCCC1)C(=O)O. The molecule has 0 aromatic rings. The second-order valence-electron chi connectivity index (χ2n) is 3.98. The lowest BCUT2D eigenvalue weighted by molar-refractivity contribution is -0.136. The van der Waals surface area contributed by atoms with Crippen LogP contribution in [0.3, 0.4) is 0 Å². The van der Waals surface area contributed by atoms with Crippen molar-refractivity contribution in [3.63, 3.8) is 0 Å². The molecule has 1 unspecified atom stereocenters. The lowest BCUT2D eigenvalue weighted by atomic mass is 10.1. The van der Waals surface area contributed by atoms with Crippen LogP contribution < -0.4 is 0 Å². The van der Waals surface area contributed by atoms with E-state index >= 15 is 0 Å². The number of carboxylic acid groups (broad SMARTS) is 1. The zero-order chi connectivity index (χ0) is 10.6. The summed E-state index contributed by atoms with van der Waals surface area (Å²) in [7, 11) is 0. The standard InChI is InChI=1S/C10H18O3S/c1-2-8(9(11)12)14-7-10(13)5-3-4-6-10/h8,13H,2-7H2,1H3,(H,11,12). The van der Waals surface area contributed by atoms with E-state index in [0.29, 0.717) is 12.2 Å². The average molecular weight is 218 g/mol. The molecule has 0 amide bonds. The van der Waals surface area contributed by atoms with Crippen LogP contribution in [0.5, 0.6) is 0 Å². The summed E-state index contributed by atoms with van der Waals surface area (Å²) >= 11 is 1.38. The molecule has 14 heavy (non-hydrogen) atoms. The van der Waals surface area contributed by atoms with Gasteiger partial charge in [-0.05, 0) is 19.3 Å². The zero-order valence-corrected chi connectivity index (χ0v) is 9.35. The minimum absolute atomic E-state index is 0.361. The van der Waals surface area contributed by atoms with E-state index in [9.17, 15) is 9.90 Å². The van der Waals surface area contributed by atoms with Crippen molar-refractivity contribution < 1.29 is 15.0 Å². The monoisotopic (exact) mass is 218 g/mol. The van der Waals surface area contributed by atoms with Crippen LogP contribution in [-0.4, -0.2) is 32.8 Å². The Hall–Kier alpha value is -0.220. The van der Waals surface area contributed by atoms with Crippen LogP contribution in [-0.2, 0) is 4.79 Å². The molecule has 82 valence electrons. The Morgan fingerprint density at radius 2 is 2.07 bits per heavy atom. The first-order valence-electron chi connectivity index (χ1n) is 5.14. The van der Waals surface area contributed by atoms with Crippen LogP contribution in [0.25, 0.3) is 0 Å². The molecule has 1 rings (SSSR count). The van der Waals surface area contributed by atoms with Crippen molar-refractivity contribution in [3.8, 4) is 0 Å². The lowest BCUT2D eigenvalue weighted by Crippen LogP contribution is -2.29. The molecule has 2 N–H and O–H groups in total. The van der Waals surface area contributed by atoms with Gasteiger partial charge in [-0.2, -0.15) is 0 Å². The minimum atomic E-state index is -0.765. The van der Waals surface area contributed by atoms with Gasteiger partial charge in [-0.25, -0.2) is 0 Å². The number of rotatable bonds is 5. The van der Waals surface area contributed by atoms with Crippen molar-refractivity contribution in [1.29, 1.82) is 0 Å². The maximum Gasteiger partial charge on any atom is 0.316 e. The summed E-state index contributed by atoms with van der Waals surface area (Å²) in [4.78, 5) is 10.7. The molecule has 0 spiro atoms. The van der Waals surface area contributed by atoms with Crippen molar-refractivity contribution in [3.05, 3.63) is 0 Å². The molecule has 0 bridgehead atoms. The smallest absolute Gasteiger partial charge is 0.316 e. The molecule has 0 aromatic heterocycles. The van der Waals surface area contributed by atoms with Crippen LogP contribution in [0, 0.1) is 0 Å². The molecular weight excluding hydrogens is 200 g/mol. The van der Waals surface area contributed by atoms with Crippen molar-refractivity contribution in [2.24, 2.45) is 0 Å². The Morgan fingerprint density at radius 1 is 1.50 bits per heavy atom. The summed E-state index contributed by atoms with van der Waals surface area (Å²) in [6.07, 6.45) is 4.42. The van der Waals surface area contributed by atoms with E-state index < -0.39 is 11.6 Å². The summed E-state index contributed by atoms with van der Waals surface area (Å²) < 4.78 is 0. The zero-order valence-electron chi connectivity index (χ0n) is 8.53. The highest BCUT2D eigenvalue weighted by molar-refractivity contribution is 8.00. The third-order valence-electron chi connectivity index (χ3n) is 2.73. The molecule has 4 heteroatoms. The maximum atomic E-state index is 10.7. The highest BCUT2D eigenvalue weighted by atomic mass is 32.2. The topological polar surface area (TPSA) is 57.5 Å². The Kier molecular flexibility index (Phi) is 4.26. The molecule has 0 aliphatic heterocycles. The maximum absolute atomic E-state index is 10.7. The number of carboxylic acids is 1. The van der Waals surface area contributed by atoms with Gasteiger partial charge in [0.1, 0.15) is 5.25 Å². The first kappa shape index (κ1) is 11.9. The molecular formula is C10H18O3S. The number of thioether (sulfide) groups is 1. The van der Waals surface area contributed by atoms with Gasteiger partial charge < -0.3 is 10.2 Å². The van der Waals surface area contributed by atoms with Crippen molar-refractivity contribution >= 4 is 17.7 Å². The molecule has 1 aliphatic carbocycles. The van der Waals surface area contributed by atoms with Crippen LogP contribution >= 0.6 is 11.8 Å². The second kappa shape index (κ2) is 5.03. The average Bonchev–Trinajstić information content (AvgIpc) is 2.53. The number of hydrogen-bond acceptors (Lipinski definition) is 3. The molecule has 3 nitrogen and oxygen atoms in total. The van der Waals surface area contributed by atoms with E-state index in [-0.39, 0.29) is 5.25 Å². The van der Waals surface area contributed by atoms with Gasteiger partial charge in [0.2, 0.25) is 0 Å². The Balaban J connectivity index is 2.34. The van der Waals surface area contributed by atoms with Crippen LogP contribution in [0.4, 0.5) is 0 Å². The van der Waals surface area contributed by atoms with Gasteiger partial charge in [-0.3, -0.25) is 4.79 Å². The summed E-state index contributed by atoms with van der Waals surface area (Å²) in [6, 6.07) is 0. The van der Waals surface area contributed by atoms with E-state index in [1.54, 1.807) is 0 Å². The molecule has 0 aromatic carbocycles. The van der Waals surface area contributed by atoms with Crippen molar-refractivity contribution in [2.75, 3.05) is 5.75 Å². The lowest BCUT2D eigenvalue weighted by Gasteiger charge is -2.23. The minimum Gasteiger partial charge on any atom is -0.480 e. The fourth-order valence-corrected chi connectivity index (χ4v) is 2.98. The molecule has 1 fully saturated rings. The summed E-state index contributed by atoms with van der Waals surface area (Å²) in [6.45, 7) is 1.87. The fraction of sp³-hybridized carbons (Fsp3) is 0.900. The number of aliphatic carboxylic acids is 1. The second-order valence-corrected chi connectivity index (χ2v) is 5.17. The molecule has 1 aliphatic rings. The summed E-state index contributed by atoms with van der Waals surface area (Å²) in [5.74, 6) is -0.197. The largest absolute Gasteiger partial charge is 0.480 e. The molecule has 1 saturated carbocycles. The van der Waals surface area contributed by atoms with Crippen LogP contribution in [0.15, 0.2) is 0 Å². The van der Waals surface area contributed by atoms with Gasteiger partial charge in [-0.1, -0.05) is 19.8 Å². The summed E-state index contributed by atoms with van der Waals surface area (Å²) in [5, 5.41) is 18.5. The predicted octanol–water partition coefficient (Wildman–Crippen LogP) is 1.89. The molecule has 0 radical (unpaired) electrons. The normalized spacial score (nSPS) is 22.1. The number of aliphatic hydroxyl groups is 1. The fourth-order valence-electron chi connectivity index (χ4n) is 1.80. The highest BCUT2D eigenvalue weighted by Crippen LogP contribution is 2.33. The first-order chi connectivity index (χ1) is 6.57. The molecule has 0 saturated heterocycles. The Morgan fingerprint density at radius 3 is 2.50 bits per heavy atom. The van der Waals surface area contributed by atoms with Crippen molar-refractivity contribution in [1.82, 2.24) is 0 Å². The van der Waals surface area contributed by atoms with Gasteiger partial charge in [0.05, 0.1) is 5.60 Å². The number of hydrogen-bond donors (Lipinski definition) is 2. The van der Waals surface area contributed by atoms with E-state index in [4.69, 9.17) is 5.11 Å².